The van der Waals surface area contributed by atoms with E-state index in [1.54, 1.807) is 30.3 Å². The van der Waals surface area contributed by atoms with Crippen LogP contribution in [0.2, 0.25) is 0 Å². The molecule has 4 unspecified atom stereocenters. The standard InChI is InChI=1S/C26H31N5O9/c27-17(12-22(34)35)23(36)29-19(13-21(28)33)25(38)30-18(10-15-6-8-16(32)9-7-15)24(37)31-20(26(39)40)11-14-4-2-1-3-5-14/h1-9,17-20,32H,10-13,27H2,(H2,28,33)(H,29,36)(H,30,38)(H,31,37)(H,34,35)(H,39,40). The molecule has 2 rings (SSSR count). The van der Waals surface area contributed by atoms with Crippen molar-refractivity contribution in [2.24, 2.45) is 11.5 Å². The van der Waals surface area contributed by atoms with Crippen molar-refractivity contribution in [2.75, 3.05) is 0 Å². The van der Waals surface area contributed by atoms with Crippen LogP contribution in [-0.4, -0.2) is 75.1 Å². The summed E-state index contributed by atoms with van der Waals surface area (Å²) in [5.41, 5.74) is 11.8. The molecule has 4 atom stereocenters. The summed E-state index contributed by atoms with van der Waals surface area (Å²) in [6, 6.07) is 8.29. The topological polar surface area (TPSA) is 251 Å². The van der Waals surface area contributed by atoms with Crippen LogP contribution in [-0.2, 0) is 41.6 Å². The number of primary amides is 1. The van der Waals surface area contributed by atoms with Gasteiger partial charge in [-0.25, -0.2) is 4.79 Å². The maximum atomic E-state index is 13.2. The van der Waals surface area contributed by atoms with Gasteiger partial charge in [0.15, 0.2) is 0 Å². The number of aliphatic carboxylic acids is 2. The lowest BCUT2D eigenvalue weighted by molar-refractivity contribution is -0.142. The number of nitrogens with two attached hydrogens (primary N) is 2. The van der Waals surface area contributed by atoms with Gasteiger partial charge in [0.25, 0.3) is 0 Å². The van der Waals surface area contributed by atoms with E-state index in [0.717, 1.165) is 0 Å². The first-order valence-electron chi connectivity index (χ1n) is 12.1. The fourth-order valence-electron chi connectivity index (χ4n) is 3.64. The number of rotatable bonds is 15. The lowest BCUT2D eigenvalue weighted by atomic mass is 10.0. The third-order valence-corrected chi connectivity index (χ3v) is 5.68. The summed E-state index contributed by atoms with van der Waals surface area (Å²) in [6.07, 6.45) is -1.66. The number of carbonyl (C=O) groups is 6. The molecule has 0 spiro atoms. The third kappa shape index (κ3) is 10.4. The van der Waals surface area contributed by atoms with Crippen LogP contribution in [0.25, 0.3) is 0 Å². The highest BCUT2D eigenvalue weighted by atomic mass is 16.4. The zero-order valence-corrected chi connectivity index (χ0v) is 21.3. The van der Waals surface area contributed by atoms with Crippen LogP contribution in [0.1, 0.15) is 24.0 Å². The van der Waals surface area contributed by atoms with Gasteiger partial charge in [0, 0.05) is 12.8 Å². The van der Waals surface area contributed by atoms with Gasteiger partial charge < -0.3 is 42.7 Å². The predicted molar refractivity (Wildman–Crippen MR) is 139 cm³/mol. The normalized spacial score (nSPS) is 13.6. The van der Waals surface area contributed by atoms with Crippen LogP contribution in [0.15, 0.2) is 54.6 Å². The molecule has 0 bridgehead atoms. The maximum absolute atomic E-state index is 13.2. The van der Waals surface area contributed by atoms with Gasteiger partial charge in [-0.3, -0.25) is 24.0 Å². The quantitative estimate of drug-likeness (QED) is 0.124. The second kappa shape index (κ2) is 14.8. The van der Waals surface area contributed by atoms with Gasteiger partial charge in [0.2, 0.25) is 23.6 Å². The van der Waals surface area contributed by atoms with Gasteiger partial charge in [0.1, 0.15) is 23.9 Å². The molecular weight excluding hydrogens is 526 g/mol. The van der Waals surface area contributed by atoms with Crippen molar-refractivity contribution >= 4 is 35.6 Å². The van der Waals surface area contributed by atoms with Crippen molar-refractivity contribution in [3.63, 3.8) is 0 Å². The highest BCUT2D eigenvalue weighted by Gasteiger charge is 2.31. The monoisotopic (exact) mass is 557 g/mol. The average Bonchev–Trinajstić information content (AvgIpc) is 2.88. The summed E-state index contributed by atoms with van der Waals surface area (Å²) in [7, 11) is 0. The summed E-state index contributed by atoms with van der Waals surface area (Å²) in [5.74, 6) is -6.67. The molecule has 0 aliphatic heterocycles. The fraction of sp³-hybridized carbons (Fsp3) is 0.308. The molecule has 4 amide bonds. The number of amides is 4. The summed E-state index contributed by atoms with van der Waals surface area (Å²) in [5, 5.41) is 35.0. The van der Waals surface area contributed by atoms with E-state index in [0.29, 0.717) is 11.1 Å². The van der Waals surface area contributed by atoms with E-state index in [9.17, 15) is 39.0 Å². The Morgan fingerprint density at radius 3 is 1.73 bits per heavy atom. The van der Waals surface area contributed by atoms with Crippen molar-refractivity contribution in [3.8, 4) is 5.75 Å². The van der Waals surface area contributed by atoms with E-state index in [2.05, 4.69) is 16.0 Å². The van der Waals surface area contributed by atoms with Gasteiger partial charge >= 0.3 is 11.9 Å². The van der Waals surface area contributed by atoms with Crippen molar-refractivity contribution in [2.45, 2.75) is 49.9 Å². The van der Waals surface area contributed by atoms with Gasteiger partial charge in [-0.2, -0.15) is 0 Å². The number of hydrogen-bond donors (Lipinski definition) is 8. The second-order valence-electron chi connectivity index (χ2n) is 8.96. The van der Waals surface area contributed by atoms with Crippen LogP contribution in [0.5, 0.6) is 5.75 Å². The van der Waals surface area contributed by atoms with Gasteiger partial charge in [-0.1, -0.05) is 42.5 Å². The van der Waals surface area contributed by atoms with Crippen LogP contribution < -0.4 is 27.4 Å². The zero-order chi connectivity index (χ0) is 29.8. The molecule has 0 aromatic heterocycles. The molecule has 40 heavy (non-hydrogen) atoms. The molecule has 0 saturated heterocycles. The second-order valence-corrected chi connectivity index (χ2v) is 8.96. The lowest BCUT2D eigenvalue weighted by Gasteiger charge is -2.25. The van der Waals surface area contributed by atoms with Crippen LogP contribution in [0.4, 0.5) is 0 Å². The average molecular weight is 558 g/mol. The zero-order valence-electron chi connectivity index (χ0n) is 21.3. The molecule has 0 radical (unpaired) electrons. The summed E-state index contributed by atoms with van der Waals surface area (Å²) in [4.78, 5) is 73.0. The minimum atomic E-state index is -1.61. The number of carbonyl (C=O) groups excluding carboxylic acids is 4. The smallest absolute Gasteiger partial charge is 0.326 e. The lowest BCUT2D eigenvalue weighted by Crippen LogP contribution is -2.58. The number of aromatic hydroxyl groups is 1. The molecule has 2 aromatic carbocycles. The Morgan fingerprint density at radius 1 is 0.675 bits per heavy atom. The molecule has 14 nitrogen and oxygen atoms in total. The van der Waals surface area contributed by atoms with E-state index in [-0.39, 0.29) is 18.6 Å². The Labute approximate surface area is 228 Å². The Hall–Kier alpha value is -4.98. The van der Waals surface area contributed by atoms with E-state index in [1.165, 1.54) is 24.3 Å². The Balaban J connectivity index is 2.28. The van der Waals surface area contributed by atoms with Crippen molar-refractivity contribution in [3.05, 3.63) is 65.7 Å². The molecule has 0 heterocycles. The number of hydrogen-bond acceptors (Lipinski definition) is 8. The van der Waals surface area contributed by atoms with Crippen molar-refractivity contribution in [1.82, 2.24) is 16.0 Å². The first kappa shape index (κ1) is 31.2. The van der Waals surface area contributed by atoms with E-state index < -0.39 is 72.6 Å². The van der Waals surface area contributed by atoms with Crippen molar-refractivity contribution in [1.29, 1.82) is 0 Å². The molecule has 214 valence electrons. The minimum absolute atomic E-state index is 0.0514. The maximum Gasteiger partial charge on any atom is 0.326 e. The first-order chi connectivity index (χ1) is 18.8. The SMILES string of the molecule is NC(=O)CC(NC(=O)C(N)CC(=O)O)C(=O)NC(Cc1ccc(O)cc1)C(=O)NC(Cc1ccccc1)C(=O)O. The number of phenolic OH excluding ortho intramolecular Hbond substituents is 1. The molecular formula is C26H31N5O9. The Kier molecular flexibility index (Phi) is 11.6. The Morgan fingerprint density at radius 2 is 1.18 bits per heavy atom. The molecule has 0 aliphatic carbocycles. The van der Waals surface area contributed by atoms with Crippen LogP contribution >= 0.6 is 0 Å². The van der Waals surface area contributed by atoms with Gasteiger partial charge in [-0.15, -0.1) is 0 Å². The number of phenols is 1. The molecule has 0 saturated carbocycles. The molecule has 10 N–H and O–H groups in total. The van der Waals surface area contributed by atoms with Crippen LogP contribution in [0.3, 0.4) is 0 Å². The Bertz CT molecular complexity index is 1220. The molecule has 0 aliphatic rings. The number of carboxylic acids is 2. The number of benzene rings is 2. The highest BCUT2D eigenvalue weighted by molar-refractivity contribution is 5.96. The van der Waals surface area contributed by atoms with Gasteiger partial charge in [-0.05, 0) is 23.3 Å². The highest BCUT2D eigenvalue weighted by Crippen LogP contribution is 2.12. The minimum Gasteiger partial charge on any atom is -0.508 e. The van der Waals surface area contributed by atoms with Crippen molar-refractivity contribution < 1.29 is 44.1 Å². The third-order valence-electron chi connectivity index (χ3n) is 5.68. The largest absolute Gasteiger partial charge is 0.508 e. The molecule has 0 fully saturated rings. The van der Waals surface area contributed by atoms with E-state index in [4.69, 9.17) is 16.6 Å². The summed E-state index contributed by atoms with van der Waals surface area (Å²) < 4.78 is 0. The summed E-state index contributed by atoms with van der Waals surface area (Å²) >= 11 is 0. The number of nitrogens with one attached hydrogen (secondary N) is 3. The first-order valence-corrected chi connectivity index (χ1v) is 12.1. The molecule has 2 aromatic rings. The predicted octanol–water partition coefficient (Wildman–Crippen LogP) is -1.61. The van der Waals surface area contributed by atoms with E-state index in [1.807, 2.05) is 0 Å². The molecule has 14 heteroatoms. The van der Waals surface area contributed by atoms with Crippen LogP contribution in [0, 0.1) is 0 Å². The fourth-order valence-corrected chi connectivity index (χ4v) is 3.64. The van der Waals surface area contributed by atoms with Gasteiger partial charge in [0.05, 0.1) is 18.9 Å². The number of carboxylic acid groups (broad SMARTS) is 2. The van der Waals surface area contributed by atoms with E-state index >= 15 is 0 Å². The summed E-state index contributed by atoms with van der Waals surface area (Å²) in [6.45, 7) is 0.